The first-order valence-corrected chi connectivity index (χ1v) is 7.04. The minimum atomic E-state index is -0.262. The van der Waals surface area contributed by atoms with E-state index in [0.717, 1.165) is 5.56 Å². The smallest absolute Gasteiger partial charge is 0.258 e. The van der Waals surface area contributed by atoms with E-state index >= 15 is 0 Å². The highest BCUT2D eigenvalue weighted by Gasteiger charge is 2.08. The second-order valence-electron chi connectivity index (χ2n) is 4.62. The van der Waals surface area contributed by atoms with Gasteiger partial charge in [-0.25, -0.2) is 9.97 Å². The summed E-state index contributed by atoms with van der Waals surface area (Å²) in [5, 5.41) is 3.39. The number of carbonyl (C=O) groups is 1. The van der Waals surface area contributed by atoms with Crippen molar-refractivity contribution in [3.8, 4) is 11.4 Å². The highest BCUT2D eigenvalue weighted by molar-refractivity contribution is 6.30. The topological polar surface area (TPSA) is 54.9 Å². The summed E-state index contributed by atoms with van der Waals surface area (Å²) >= 11 is 5.81. The molecule has 0 atom stereocenters. The first-order chi connectivity index (χ1) is 10.7. The summed E-state index contributed by atoms with van der Waals surface area (Å²) in [7, 11) is 0. The molecule has 1 heterocycles. The number of rotatable bonds is 3. The Morgan fingerprint density at radius 3 is 2.18 bits per heavy atom. The quantitative estimate of drug-likeness (QED) is 0.794. The second-order valence-corrected chi connectivity index (χ2v) is 5.06. The number of anilines is 1. The van der Waals surface area contributed by atoms with E-state index in [9.17, 15) is 4.79 Å². The van der Waals surface area contributed by atoms with Crippen LogP contribution in [0.3, 0.4) is 0 Å². The van der Waals surface area contributed by atoms with Gasteiger partial charge in [-0.2, -0.15) is 0 Å². The van der Waals surface area contributed by atoms with Gasteiger partial charge in [-0.05, 0) is 24.3 Å². The van der Waals surface area contributed by atoms with Crippen molar-refractivity contribution in [3.63, 3.8) is 0 Å². The maximum Gasteiger partial charge on any atom is 0.258 e. The van der Waals surface area contributed by atoms with Crippen molar-refractivity contribution in [2.75, 3.05) is 5.32 Å². The van der Waals surface area contributed by atoms with Crippen molar-refractivity contribution in [2.45, 2.75) is 0 Å². The van der Waals surface area contributed by atoms with E-state index in [1.54, 1.807) is 24.3 Å². The summed E-state index contributed by atoms with van der Waals surface area (Å²) in [6.45, 7) is 0. The third kappa shape index (κ3) is 3.30. The highest BCUT2D eigenvalue weighted by Crippen LogP contribution is 2.16. The largest absolute Gasteiger partial charge is 0.322 e. The molecule has 1 amide bonds. The van der Waals surface area contributed by atoms with Crippen LogP contribution in [-0.4, -0.2) is 15.9 Å². The molecule has 4 nitrogen and oxygen atoms in total. The molecule has 108 valence electrons. The van der Waals surface area contributed by atoms with Crippen LogP contribution in [0.15, 0.2) is 67.0 Å². The molecular formula is C17H12ClN3O. The van der Waals surface area contributed by atoms with Gasteiger partial charge in [-0.1, -0.05) is 41.9 Å². The van der Waals surface area contributed by atoms with Crippen LogP contribution in [-0.2, 0) is 0 Å². The SMILES string of the molecule is O=C(Nc1ccc(Cl)cc1)c1cnc(-c2ccccc2)nc1. The number of nitrogens with one attached hydrogen (secondary N) is 1. The molecule has 0 aliphatic rings. The third-order valence-corrected chi connectivity index (χ3v) is 3.30. The second kappa shape index (κ2) is 6.37. The van der Waals surface area contributed by atoms with Gasteiger partial charge >= 0.3 is 0 Å². The number of hydrogen-bond donors (Lipinski definition) is 1. The monoisotopic (exact) mass is 309 g/mol. The summed E-state index contributed by atoms with van der Waals surface area (Å²) in [5.74, 6) is 0.325. The van der Waals surface area contributed by atoms with Gasteiger partial charge in [0.1, 0.15) is 0 Å². The molecule has 5 heteroatoms. The molecule has 3 aromatic rings. The van der Waals surface area contributed by atoms with Crippen LogP contribution in [0.5, 0.6) is 0 Å². The van der Waals surface area contributed by atoms with Gasteiger partial charge in [0.25, 0.3) is 5.91 Å². The van der Waals surface area contributed by atoms with Gasteiger partial charge in [0.2, 0.25) is 0 Å². The first kappa shape index (κ1) is 14.2. The molecular weight excluding hydrogens is 298 g/mol. The zero-order valence-corrected chi connectivity index (χ0v) is 12.3. The third-order valence-electron chi connectivity index (χ3n) is 3.05. The van der Waals surface area contributed by atoms with Gasteiger partial charge in [0.05, 0.1) is 5.56 Å². The molecule has 2 aromatic carbocycles. The number of hydrogen-bond acceptors (Lipinski definition) is 3. The van der Waals surface area contributed by atoms with Crippen molar-refractivity contribution >= 4 is 23.2 Å². The van der Waals surface area contributed by atoms with E-state index in [1.165, 1.54) is 12.4 Å². The van der Waals surface area contributed by atoms with Crippen molar-refractivity contribution < 1.29 is 4.79 Å². The van der Waals surface area contributed by atoms with Crippen LogP contribution in [0.4, 0.5) is 5.69 Å². The van der Waals surface area contributed by atoms with Crippen LogP contribution in [0.25, 0.3) is 11.4 Å². The van der Waals surface area contributed by atoms with Crippen LogP contribution in [0, 0.1) is 0 Å². The summed E-state index contributed by atoms with van der Waals surface area (Å²) in [6.07, 6.45) is 3.03. The van der Waals surface area contributed by atoms with Crippen LogP contribution in [0.1, 0.15) is 10.4 Å². The Bertz CT molecular complexity index is 771. The molecule has 0 fully saturated rings. The molecule has 1 aromatic heterocycles. The molecule has 0 spiro atoms. The molecule has 3 rings (SSSR count). The number of amides is 1. The van der Waals surface area contributed by atoms with Crippen LogP contribution >= 0.6 is 11.6 Å². The normalized spacial score (nSPS) is 10.2. The Morgan fingerprint density at radius 2 is 1.55 bits per heavy atom. The van der Waals surface area contributed by atoms with Crippen LogP contribution < -0.4 is 5.32 Å². The van der Waals surface area contributed by atoms with E-state index in [-0.39, 0.29) is 5.91 Å². The van der Waals surface area contributed by atoms with Crippen LogP contribution in [0.2, 0.25) is 5.02 Å². The van der Waals surface area contributed by atoms with E-state index in [2.05, 4.69) is 15.3 Å². The molecule has 0 bridgehead atoms. The molecule has 1 N–H and O–H groups in total. The number of benzene rings is 2. The van der Waals surface area contributed by atoms with E-state index in [1.807, 2.05) is 30.3 Å². The molecule has 0 radical (unpaired) electrons. The minimum absolute atomic E-state index is 0.262. The highest BCUT2D eigenvalue weighted by atomic mass is 35.5. The zero-order chi connectivity index (χ0) is 15.4. The average molecular weight is 310 g/mol. The van der Waals surface area contributed by atoms with Gasteiger partial charge < -0.3 is 5.32 Å². The van der Waals surface area contributed by atoms with E-state index in [0.29, 0.717) is 22.1 Å². The lowest BCUT2D eigenvalue weighted by Gasteiger charge is -2.05. The Balaban J connectivity index is 1.75. The number of aromatic nitrogens is 2. The fourth-order valence-corrected chi connectivity index (χ4v) is 2.04. The fourth-order valence-electron chi connectivity index (χ4n) is 1.92. The molecule has 0 unspecified atom stereocenters. The van der Waals surface area contributed by atoms with Gasteiger partial charge in [0.15, 0.2) is 5.82 Å². The van der Waals surface area contributed by atoms with Crippen molar-refractivity contribution in [3.05, 3.63) is 77.6 Å². The number of halogens is 1. The summed E-state index contributed by atoms with van der Waals surface area (Å²) in [5.41, 5.74) is 1.98. The Morgan fingerprint density at radius 1 is 0.909 bits per heavy atom. The van der Waals surface area contributed by atoms with Crippen molar-refractivity contribution in [1.82, 2.24) is 9.97 Å². The molecule has 0 saturated heterocycles. The Hall–Kier alpha value is -2.72. The molecule has 0 aliphatic carbocycles. The van der Waals surface area contributed by atoms with Gasteiger partial charge in [-0.3, -0.25) is 4.79 Å². The lowest BCUT2D eigenvalue weighted by atomic mass is 10.2. The Kier molecular flexibility index (Phi) is 4.12. The zero-order valence-electron chi connectivity index (χ0n) is 11.5. The van der Waals surface area contributed by atoms with E-state index in [4.69, 9.17) is 11.6 Å². The predicted molar refractivity (Wildman–Crippen MR) is 86.9 cm³/mol. The lowest BCUT2D eigenvalue weighted by molar-refractivity contribution is 0.102. The summed E-state index contributed by atoms with van der Waals surface area (Å²) in [6, 6.07) is 16.5. The fraction of sp³-hybridized carbons (Fsp3) is 0. The lowest BCUT2D eigenvalue weighted by Crippen LogP contribution is -2.12. The molecule has 22 heavy (non-hydrogen) atoms. The Labute approximate surface area is 132 Å². The number of carbonyl (C=O) groups excluding carboxylic acids is 1. The van der Waals surface area contributed by atoms with E-state index < -0.39 is 0 Å². The molecule has 0 aliphatic heterocycles. The maximum absolute atomic E-state index is 12.1. The van der Waals surface area contributed by atoms with Gasteiger partial charge in [0, 0.05) is 28.7 Å². The predicted octanol–water partition coefficient (Wildman–Crippen LogP) is 4.05. The molecule has 0 saturated carbocycles. The van der Waals surface area contributed by atoms with Crippen molar-refractivity contribution in [2.24, 2.45) is 0 Å². The standard InChI is InChI=1S/C17H12ClN3O/c18-14-6-8-15(9-7-14)21-17(22)13-10-19-16(20-11-13)12-4-2-1-3-5-12/h1-11H,(H,21,22). The average Bonchev–Trinajstić information content (AvgIpc) is 2.58. The maximum atomic E-state index is 12.1. The summed E-state index contributed by atoms with van der Waals surface area (Å²) in [4.78, 5) is 20.6. The summed E-state index contributed by atoms with van der Waals surface area (Å²) < 4.78 is 0. The number of nitrogens with zero attached hydrogens (tertiary/aromatic N) is 2. The van der Waals surface area contributed by atoms with Gasteiger partial charge in [-0.15, -0.1) is 0 Å². The van der Waals surface area contributed by atoms with Crippen molar-refractivity contribution in [1.29, 1.82) is 0 Å². The minimum Gasteiger partial charge on any atom is -0.322 e. The first-order valence-electron chi connectivity index (χ1n) is 6.67.